The third-order valence-corrected chi connectivity index (χ3v) is 5.43. The van der Waals surface area contributed by atoms with Crippen LogP contribution in [0.4, 0.5) is 0 Å². The van der Waals surface area contributed by atoms with E-state index in [2.05, 4.69) is 22.3 Å². The number of amides is 1. The Morgan fingerprint density at radius 1 is 1.24 bits per heavy atom. The van der Waals surface area contributed by atoms with Gasteiger partial charge in [0.1, 0.15) is 11.3 Å². The van der Waals surface area contributed by atoms with Crippen LogP contribution in [0.3, 0.4) is 0 Å². The highest BCUT2D eigenvalue weighted by Gasteiger charge is 2.56. The highest BCUT2D eigenvalue weighted by atomic mass is 16.5. The Morgan fingerprint density at radius 2 is 1.96 bits per heavy atom. The van der Waals surface area contributed by atoms with Gasteiger partial charge in [-0.2, -0.15) is 0 Å². The Hall–Kier alpha value is -2.08. The summed E-state index contributed by atoms with van der Waals surface area (Å²) < 4.78 is 10.2. The molecule has 1 saturated carbocycles. The maximum atomic E-state index is 12.5. The summed E-state index contributed by atoms with van der Waals surface area (Å²) in [6.45, 7) is 4.00. The molecule has 1 aromatic carbocycles. The van der Waals surface area contributed by atoms with Crippen molar-refractivity contribution in [2.45, 2.75) is 31.8 Å². The van der Waals surface area contributed by atoms with Gasteiger partial charge in [0.2, 0.25) is 5.91 Å². The van der Waals surface area contributed by atoms with Crippen LogP contribution in [-0.2, 0) is 20.9 Å². The number of nitrogens with one attached hydrogen (secondary N) is 1. The molecule has 1 heterocycles. The van der Waals surface area contributed by atoms with Crippen LogP contribution in [0.25, 0.3) is 0 Å². The second kappa shape index (κ2) is 7.04. The number of fused-ring (bicyclic) bond motifs is 2. The molecular formula is C19H26N2O4. The van der Waals surface area contributed by atoms with Crippen molar-refractivity contribution in [3.05, 3.63) is 29.8 Å². The summed E-state index contributed by atoms with van der Waals surface area (Å²) >= 11 is 0. The lowest BCUT2D eigenvalue weighted by atomic mass is 9.86. The van der Waals surface area contributed by atoms with Crippen LogP contribution in [0.2, 0.25) is 0 Å². The Bertz CT molecular complexity index is 645. The van der Waals surface area contributed by atoms with Gasteiger partial charge >= 0.3 is 5.97 Å². The van der Waals surface area contributed by atoms with Gasteiger partial charge in [-0.1, -0.05) is 12.1 Å². The number of ether oxygens (including phenoxy) is 2. The van der Waals surface area contributed by atoms with Crippen molar-refractivity contribution in [3.8, 4) is 5.75 Å². The molecule has 2 bridgehead atoms. The molecule has 0 unspecified atom stereocenters. The van der Waals surface area contributed by atoms with Gasteiger partial charge in [-0.15, -0.1) is 0 Å². The SMILES string of the molecule is COC(=O)[C@@]1(NC(C)=O)C[C@@H]2C[C@H]1CN(Cc1ccc(OC)cc1)C2. The van der Waals surface area contributed by atoms with E-state index in [1.54, 1.807) is 7.11 Å². The summed E-state index contributed by atoms with van der Waals surface area (Å²) in [7, 11) is 3.05. The minimum absolute atomic E-state index is 0.0841. The van der Waals surface area contributed by atoms with Crippen molar-refractivity contribution < 1.29 is 19.1 Å². The first kappa shape index (κ1) is 17.7. The minimum Gasteiger partial charge on any atom is -0.497 e. The van der Waals surface area contributed by atoms with Crippen LogP contribution in [0.1, 0.15) is 25.3 Å². The zero-order valence-electron chi connectivity index (χ0n) is 15.1. The summed E-state index contributed by atoms with van der Waals surface area (Å²) in [5, 5.41) is 2.92. The normalized spacial score (nSPS) is 28.4. The van der Waals surface area contributed by atoms with E-state index in [1.165, 1.54) is 19.6 Å². The van der Waals surface area contributed by atoms with Crippen molar-refractivity contribution in [1.82, 2.24) is 10.2 Å². The first-order valence-electron chi connectivity index (χ1n) is 8.69. The number of hydrogen-bond acceptors (Lipinski definition) is 5. The van der Waals surface area contributed by atoms with Gasteiger partial charge in [0, 0.05) is 32.5 Å². The predicted octanol–water partition coefficient (Wildman–Crippen LogP) is 1.58. The van der Waals surface area contributed by atoms with Crippen molar-refractivity contribution >= 4 is 11.9 Å². The third-order valence-electron chi connectivity index (χ3n) is 5.43. The topological polar surface area (TPSA) is 67.9 Å². The molecule has 1 saturated heterocycles. The molecule has 2 aliphatic rings. The number of carbonyl (C=O) groups is 2. The van der Waals surface area contributed by atoms with Crippen molar-refractivity contribution in [3.63, 3.8) is 0 Å². The Labute approximate surface area is 148 Å². The lowest BCUT2D eigenvalue weighted by molar-refractivity contribution is -0.152. The molecule has 0 radical (unpaired) electrons. The van der Waals surface area contributed by atoms with E-state index in [4.69, 9.17) is 9.47 Å². The molecule has 1 aromatic rings. The van der Waals surface area contributed by atoms with Gasteiger partial charge in [0.25, 0.3) is 0 Å². The van der Waals surface area contributed by atoms with E-state index < -0.39 is 5.54 Å². The van der Waals surface area contributed by atoms with Crippen molar-refractivity contribution in [2.75, 3.05) is 27.3 Å². The third kappa shape index (κ3) is 3.49. The molecular weight excluding hydrogens is 320 g/mol. The fraction of sp³-hybridized carbons (Fsp3) is 0.579. The molecule has 2 fully saturated rings. The molecule has 25 heavy (non-hydrogen) atoms. The van der Waals surface area contributed by atoms with Crippen LogP contribution in [0.15, 0.2) is 24.3 Å². The van der Waals surface area contributed by atoms with Gasteiger partial charge < -0.3 is 14.8 Å². The number of rotatable bonds is 5. The van der Waals surface area contributed by atoms with E-state index in [9.17, 15) is 9.59 Å². The molecule has 1 aliphatic carbocycles. The maximum absolute atomic E-state index is 12.5. The number of carbonyl (C=O) groups excluding carboxylic acids is 2. The number of likely N-dealkylation sites (tertiary alicyclic amines) is 1. The number of benzene rings is 1. The lowest BCUT2D eigenvalue weighted by Crippen LogP contribution is -2.58. The number of nitrogens with zero attached hydrogens (tertiary/aromatic N) is 1. The average Bonchev–Trinajstić information content (AvgIpc) is 2.85. The standard InChI is InChI=1S/C19H26N2O4/c1-13(22)20-19(18(23)25-3)9-15-8-16(19)12-21(11-15)10-14-4-6-17(24-2)7-5-14/h4-7,15-16H,8-12H2,1-3H3,(H,20,22)/t15-,16-,19+/m0/s1. The Balaban J connectivity index is 1.74. The van der Waals surface area contributed by atoms with Crippen molar-refractivity contribution in [2.24, 2.45) is 11.8 Å². The number of methoxy groups -OCH3 is 2. The molecule has 1 N–H and O–H groups in total. The highest BCUT2D eigenvalue weighted by molar-refractivity contribution is 5.88. The largest absolute Gasteiger partial charge is 0.497 e. The summed E-state index contributed by atoms with van der Waals surface area (Å²) in [6.07, 6.45) is 1.61. The molecule has 3 rings (SSSR count). The zero-order chi connectivity index (χ0) is 18.0. The van der Waals surface area contributed by atoms with Gasteiger partial charge in [-0.05, 0) is 36.5 Å². The maximum Gasteiger partial charge on any atom is 0.331 e. The first-order chi connectivity index (χ1) is 12.0. The molecule has 1 amide bonds. The van der Waals surface area contributed by atoms with E-state index in [-0.39, 0.29) is 17.8 Å². The fourth-order valence-corrected chi connectivity index (χ4v) is 4.50. The van der Waals surface area contributed by atoms with E-state index in [0.29, 0.717) is 12.3 Å². The minimum atomic E-state index is -0.875. The molecule has 0 aromatic heterocycles. The molecule has 136 valence electrons. The van der Waals surface area contributed by atoms with Crippen LogP contribution in [0, 0.1) is 11.8 Å². The second-order valence-electron chi connectivity index (χ2n) is 7.19. The van der Waals surface area contributed by atoms with Gasteiger partial charge in [0.15, 0.2) is 0 Å². The fourth-order valence-electron chi connectivity index (χ4n) is 4.50. The molecule has 1 aliphatic heterocycles. The van der Waals surface area contributed by atoms with Crippen LogP contribution in [0.5, 0.6) is 5.75 Å². The van der Waals surface area contributed by atoms with Crippen LogP contribution in [-0.4, -0.2) is 49.6 Å². The summed E-state index contributed by atoms with van der Waals surface area (Å²) in [5.74, 6) is 0.822. The Morgan fingerprint density at radius 3 is 2.56 bits per heavy atom. The summed E-state index contributed by atoms with van der Waals surface area (Å²) in [4.78, 5) is 26.6. The van der Waals surface area contributed by atoms with E-state index in [1.807, 2.05) is 12.1 Å². The summed E-state index contributed by atoms with van der Waals surface area (Å²) in [6, 6.07) is 8.06. The number of piperidine rings is 1. The van der Waals surface area contributed by atoms with Gasteiger partial charge in [-0.25, -0.2) is 4.79 Å². The monoisotopic (exact) mass is 346 g/mol. The molecule has 6 heteroatoms. The van der Waals surface area contributed by atoms with E-state index in [0.717, 1.165) is 31.8 Å². The van der Waals surface area contributed by atoms with Crippen molar-refractivity contribution in [1.29, 1.82) is 0 Å². The predicted molar refractivity (Wildman–Crippen MR) is 93.0 cm³/mol. The average molecular weight is 346 g/mol. The molecule has 0 spiro atoms. The van der Waals surface area contributed by atoms with Gasteiger partial charge in [0.05, 0.1) is 14.2 Å². The lowest BCUT2D eigenvalue weighted by Gasteiger charge is -2.36. The molecule has 3 atom stereocenters. The molecule has 6 nitrogen and oxygen atoms in total. The summed E-state index contributed by atoms with van der Waals surface area (Å²) in [5.41, 5.74) is 0.338. The second-order valence-corrected chi connectivity index (χ2v) is 7.19. The highest BCUT2D eigenvalue weighted by Crippen LogP contribution is 2.45. The van der Waals surface area contributed by atoms with E-state index >= 15 is 0 Å². The van der Waals surface area contributed by atoms with Gasteiger partial charge in [-0.3, -0.25) is 9.69 Å². The number of esters is 1. The number of hydrogen-bond donors (Lipinski definition) is 1. The zero-order valence-corrected chi connectivity index (χ0v) is 15.1. The van der Waals surface area contributed by atoms with Crippen LogP contribution >= 0.6 is 0 Å². The quantitative estimate of drug-likeness (QED) is 0.820. The smallest absolute Gasteiger partial charge is 0.331 e. The van der Waals surface area contributed by atoms with Crippen LogP contribution < -0.4 is 10.1 Å². The first-order valence-corrected chi connectivity index (χ1v) is 8.69. The Kier molecular flexibility index (Phi) is 4.99.